The summed E-state index contributed by atoms with van der Waals surface area (Å²) >= 11 is 1.24. The SMILES string of the molecule is COc1ccc(-c2c(C(=O)O)sc3c2NC(=O)CC3c2ccc(C)c(C)c2)cc1. The molecule has 1 aliphatic rings. The molecular weight excluding hydrogens is 386 g/mol. The van der Waals surface area contributed by atoms with Crippen LogP contribution in [0.4, 0.5) is 5.69 Å². The molecule has 5 nitrogen and oxygen atoms in total. The van der Waals surface area contributed by atoms with E-state index in [0.717, 1.165) is 21.6 Å². The average molecular weight is 407 g/mol. The summed E-state index contributed by atoms with van der Waals surface area (Å²) in [5.41, 5.74) is 5.27. The van der Waals surface area contributed by atoms with Crippen molar-refractivity contribution in [1.82, 2.24) is 0 Å². The first-order valence-corrected chi connectivity index (χ1v) is 10.1. The van der Waals surface area contributed by atoms with Gasteiger partial charge in [0.25, 0.3) is 0 Å². The van der Waals surface area contributed by atoms with Crippen molar-refractivity contribution < 1.29 is 19.4 Å². The summed E-state index contributed by atoms with van der Waals surface area (Å²) in [6.45, 7) is 4.09. The normalized spacial score (nSPS) is 15.6. The Balaban J connectivity index is 1.90. The van der Waals surface area contributed by atoms with Crippen LogP contribution >= 0.6 is 11.3 Å². The molecule has 29 heavy (non-hydrogen) atoms. The minimum Gasteiger partial charge on any atom is -0.497 e. The summed E-state index contributed by atoms with van der Waals surface area (Å²) in [4.78, 5) is 25.7. The number of carboxylic acid groups (broad SMARTS) is 1. The molecule has 6 heteroatoms. The van der Waals surface area contributed by atoms with E-state index in [2.05, 4.69) is 11.4 Å². The van der Waals surface area contributed by atoms with Crippen molar-refractivity contribution in [2.24, 2.45) is 0 Å². The Bertz CT molecular complexity index is 1110. The van der Waals surface area contributed by atoms with Crippen LogP contribution < -0.4 is 10.1 Å². The van der Waals surface area contributed by atoms with Gasteiger partial charge in [-0.15, -0.1) is 11.3 Å². The zero-order chi connectivity index (χ0) is 20.7. The first-order chi connectivity index (χ1) is 13.9. The highest BCUT2D eigenvalue weighted by Gasteiger charge is 2.34. The maximum absolute atomic E-state index is 12.6. The molecule has 4 rings (SSSR count). The van der Waals surface area contributed by atoms with Crippen LogP contribution in [-0.4, -0.2) is 24.1 Å². The molecule has 1 aromatic heterocycles. The Kier molecular flexibility index (Phi) is 4.88. The monoisotopic (exact) mass is 407 g/mol. The van der Waals surface area contributed by atoms with Gasteiger partial charge in [-0.3, -0.25) is 4.79 Å². The number of rotatable bonds is 4. The second-order valence-corrected chi connectivity index (χ2v) is 8.28. The van der Waals surface area contributed by atoms with Crippen molar-refractivity contribution in [2.45, 2.75) is 26.2 Å². The number of hydrogen-bond acceptors (Lipinski definition) is 4. The second kappa shape index (κ2) is 7.37. The average Bonchev–Trinajstić information content (AvgIpc) is 3.09. The molecule has 2 heterocycles. The summed E-state index contributed by atoms with van der Waals surface area (Å²) in [5, 5.41) is 12.8. The van der Waals surface area contributed by atoms with Crippen LogP contribution in [0.3, 0.4) is 0 Å². The molecule has 1 atom stereocenters. The third kappa shape index (κ3) is 3.40. The maximum atomic E-state index is 12.6. The lowest BCUT2D eigenvalue weighted by molar-refractivity contribution is -0.116. The van der Waals surface area contributed by atoms with E-state index < -0.39 is 5.97 Å². The minimum absolute atomic E-state index is 0.106. The van der Waals surface area contributed by atoms with Gasteiger partial charge in [0.15, 0.2) is 0 Å². The topological polar surface area (TPSA) is 75.6 Å². The summed E-state index contributed by atoms with van der Waals surface area (Å²) < 4.78 is 5.21. The number of ether oxygens (including phenoxy) is 1. The first kappa shape index (κ1) is 19.2. The van der Waals surface area contributed by atoms with E-state index in [1.165, 1.54) is 16.9 Å². The van der Waals surface area contributed by atoms with Crippen LogP contribution in [0.15, 0.2) is 42.5 Å². The molecule has 0 spiro atoms. The minimum atomic E-state index is -0.997. The number of nitrogens with one attached hydrogen (secondary N) is 1. The van der Waals surface area contributed by atoms with Gasteiger partial charge < -0.3 is 15.2 Å². The number of carbonyl (C=O) groups excluding carboxylic acids is 1. The number of anilines is 1. The number of amides is 1. The fraction of sp³-hybridized carbons (Fsp3) is 0.217. The summed E-state index contributed by atoms with van der Waals surface area (Å²) in [7, 11) is 1.58. The highest BCUT2D eigenvalue weighted by molar-refractivity contribution is 7.15. The van der Waals surface area contributed by atoms with Crippen molar-refractivity contribution in [3.8, 4) is 16.9 Å². The predicted molar refractivity (Wildman–Crippen MR) is 114 cm³/mol. The fourth-order valence-electron chi connectivity index (χ4n) is 3.72. The van der Waals surface area contributed by atoms with E-state index in [4.69, 9.17) is 4.74 Å². The van der Waals surface area contributed by atoms with Crippen molar-refractivity contribution in [1.29, 1.82) is 0 Å². The molecule has 3 aromatic rings. The van der Waals surface area contributed by atoms with E-state index in [0.29, 0.717) is 23.4 Å². The molecule has 0 radical (unpaired) electrons. The van der Waals surface area contributed by atoms with Crippen LogP contribution in [0.1, 0.15) is 43.6 Å². The lowest BCUT2D eigenvalue weighted by Gasteiger charge is -2.24. The Morgan fingerprint density at radius 2 is 1.86 bits per heavy atom. The number of fused-ring (bicyclic) bond motifs is 1. The van der Waals surface area contributed by atoms with Crippen LogP contribution in [-0.2, 0) is 4.79 Å². The van der Waals surface area contributed by atoms with E-state index in [1.807, 2.05) is 38.1 Å². The van der Waals surface area contributed by atoms with Crippen molar-refractivity contribution in [3.05, 3.63) is 68.9 Å². The highest BCUT2D eigenvalue weighted by atomic mass is 32.1. The molecular formula is C23H21NO4S. The van der Waals surface area contributed by atoms with Crippen LogP contribution in [0.2, 0.25) is 0 Å². The number of aromatic carboxylic acids is 1. The molecule has 2 N–H and O–H groups in total. The molecule has 0 aliphatic carbocycles. The van der Waals surface area contributed by atoms with Gasteiger partial charge in [0.2, 0.25) is 5.91 Å². The number of aryl methyl sites for hydroxylation is 2. The molecule has 1 unspecified atom stereocenters. The Morgan fingerprint density at radius 3 is 2.48 bits per heavy atom. The number of hydrogen-bond donors (Lipinski definition) is 2. The summed E-state index contributed by atoms with van der Waals surface area (Å²) in [6.07, 6.45) is 0.303. The Morgan fingerprint density at radius 1 is 1.14 bits per heavy atom. The molecule has 1 aliphatic heterocycles. The third-order valence-corrected chi connectivity index (χ3v) is 6.70. The van der Waals surface area contributed by atoms with Crippen LogP contribution in [0.5, 0.6) is 5.75 Å². The molecule has 148 valence electrons. The van der Waals surface area contributed by atoms with Gasteiger partial charge in [-0.25, -0.2) is 4.79 Å². The number of carboxylic acids is 1. The first-order valence-electron chi connectivity index (χ1n) is 9.30. The summed E-state index contributed by atoms with van der Waals surface area (Å²) in [5.74, 6) is -0.576. The van der Waals surface area contributed by atoms with E-state index in [1.54, 1.807) is 19.2 Å². The van der Waals surface area contributed by atoms with E-state index in [-0.39, 0.29) is 16.7 Å². The molecule has 1 amide bonds. The van der Waals surface area contributed by atoms with Gasteiger partial charge in [-0.05, 0) is 48.2 Å². The Labute approximate surface area is 173 Å². The standard InChI is InChI=1S/C23H21NO4S/c1-12-4-5-15(10-13(12)2)17-11-18(25)24-20-19(22(23(26)27)29-21(17)20)14-6-8-16(28-3)9-7-14/h4-10,17H,11H2,1-3H3,(H,24,25)(H,26,27). The highest BCUT2D eigenvalue weighted by Crippen LogP contribution is 2.49. The fourth-order valence-corrected chi connectivity index (χ4v) is 4.97. The van der Waals surface area contributed by atoms with Gasteiger partial charge in [-0.1, -0.05) is 30.3 Å². The number of methoxy groups -OCH3 is 1. The van der Waals surface area contributed by atoms with Gasteiger partial charge >= 0.3 is 5.97 Å². The largest absolute Gasteiger partial charge is 0.497 e. The van der Waals surface area contributed by atoms with Crippen molar-refractivity contribution >= 4 is 28.9 Å². The zero-order valence-corrected chi connectivity index (χ0v) is 17.2. The van der Waals surface area contributed by atoms with Crippen molar-refractivity contribution in [3.63, 3.8) is 0 Å². The third-order valence-electron chi connectivity index (χ3n) is 5.41. The molecule has 0 saturated heterocycles. The Hall–Kier alpha value is -3.12. The van der Waals surface area contributed by atoms with Crippen LogP contribution in [0.25, 0.3) is 11.1 Å². The van der Waals surface area contributed by atoms with E-state index >= 15 is 0 Å². The van der Waals surface area contributed by atoms with Gasteiger partial charge in [0.05, 0.1) is 12.8 Å². The number of thiophene rings is 1. The van der Waals surface area contributed by atoms with Gasteiger partial charge in [0.1, 0.15) is 10.6 Å². The maximum Gasteiger partial charge on any atom is 0.346 e. The summed E-state index contributed by atoms with van der Waals surface area (Å²) in [6, 6.07) is 13.4. The molecule has 0 fully saturated rings. The zero-order valence-electron chi connectivity index (χ0n) is 16.4. The number of carbonyl (C=O) groups is 2. The smallest absolute Gasteiger partial charge is 0.346 e. The lowest BCUT2D eigenvalue weighted by Crippen LogP contribution is -2.22. The van der Waals surface area contributed by atoms with Crippen molar-refractivity contribution in [2.75, 3.05) is 12.4 Å². The van der Waals surface area contributed by atoms with E-state index in [9.17, 15) is 14.7 Å². The molecule has 0 bridgehead atoms. The second-order valence-electron chi connectivity index (χ2n) is 7.23. The quantitative estimate of drug-likeness (QED) is 0.622. The van der Waals surface area contributed by atoms with Gasteiger partial charge in [0, 0.05) is 22.8 Å². The van der Waals surface area contributed by atoms with Gasteiger partial charge in [-0.2, -0.15) is 0 Å². The predicted octanol–water partition coefficient (Wildman–Crippen LogP) is 5.21. The molecule has 2 aromatic carbocycles. The number of benzene rings is 2. The van der Waals surface area contributed by atoms with Crippen LogP contribution in [0, 0.1) is 13.8 Å². The molecule has 0 saturated carbocycles. The lowest BCUT2D eigenvalue weighted by atomic mass is 9.87.